The second kappa shape index (κ2) is 11.7. The summed E-state index contributed by atoms with van der Waals surface area (Å²) < 4.78 is 4.99. The summed E-state index contributed by atoms with van der Waals surface area (Å²) in [4.78, 5) is 32.7. The van der Waals surface area contributed by atoms with Gasteiger partial charge < -0.3 is 15.0 Å². The van der Waals surface area contributed by atoms with Crippen molar-refractivity contribution in [1.82, 2.24) is 15.1 Å². The van der Waals surface area contributed by atoms with Crippen LogP contribution < -0.4 is 10.2 Å². The summed E-state index contributed by atoms with van der Waals surface area (Å²) in [7, 11) is 1.66. The fraction of sp³-hybridized carbons (Fsp3) is 0.636. The minimum atomic E-state index is 0.0587. The lowest BCUT2D eigenvalue weighted by molar-refractivity contribution is -0.124. The molecule has 1 N–H and O–H groups in total. The molecule has 1 saturated heterocycles. The lowest BCUT2D eigenvalue weighted by Crippen LogP contribution is -2.52. The maximum atomic E-state index is 13.1. The Morgan fingerprint density at radius 2 is 1.80 bits per heavy atom. The predicted molar refractivity (Wildman–Crippen MR) is 121 cm³/mol. The standard InChI is InChI=1S/C22H34N4O3S/c1-18-8-10-26(19-6-3-4-7-20(19)30-18)22(28)17-25-13-11-24(12-14-25)16-21(27)23-9-5-15-29-2/h3-4,6-7,18H,5,8-17H2,1-2H3,(H,23,27). The molecule has 166 valence electrons. The minimum absolute atomic E-state index is 0.0587. The molecule has 30 heavy (non-hydrogen) atoms. The van der Waals surface area contributed by atoms with Crippen LogP contribution in [0.5, 0.6) is 0 Å². The second-order valence-corrected chi connectivity index (χ2v) is 9.46. The van der Waals surface area contributed by atoms with E-state index in [4.69, 9.17) is 4.74 Å². The van der Waals surface area contributed by atoms with E-state index in [2.05, 4.69) is 34.2 Å². The molecule has 1 aromatic rings. The molecule has 3 rings (SSSR count). The van der Waals surface area contributed by atoms with E-state index in [1.54, 1.807) is 7.11 Å². The molecule has 2 aliphatic heterocycles. The first-order valence-electron chi connectivity index (χ1n) is 10.8. The van der Waals surface area contributed by atoms with E-state index in [1.165, 1.54) is 4.90 Å². The molecule has 8 heteroatoms. The summed E-state index contributed by atoms with van der Waals surface area (Å²) in [5.41, 5.74) is 1.04. The van der Waals surface area contributed by atoms with Crippen LogP contribution in [0, 0.1) is 0 Å². The molecule has 2 aliphatic rings. The van der Waals surface area contributed by atoms with Gasteiger partial charge in [0.2, 0.25) is 11.8 Å². The van der Waals surface area contributed by atoms with Crippen LogP contribution in [0.4, 0.5) is 5.69 Å². The highest BCUT2D eigenvalue weighted by molar-refractivity contribution is 8.00. The smallest absolute Gasteiger partial charge is 0.241 e. The van der Waals surface area contributed by atoms with Crippen LogP contribution >= 0.6 is 11.8 Å². The number of methoxy groups -OCH3 is 1. The van der Waals surface area contributed by atoms with E-state index in [-0.39, 0.29) is 11.8 Å². The zero-order chi connectivity index (χ0) is 21.3. The Labute approximate surface area is 184 Å². The van der Waals surface area contributed by atoms with Gasteiger partial charge in [-0.25, -0.2) is 0 Å². The molecule has 0 saturated carbocycles. The average molecular weight is 435 g/mol. The third kappa shape index (κ3) is 6.70. The Balaban J connectivity index is 1.45. The van der Waals surface area contributed by atoms with Gasteiger partial charge in [-0.15, -0.1) is 11.8 Å². The molecule has 1 aromatic carbocycles. The summed E-state index contributed by atoms with van der Waals surface area (Å²) in [5.74, 6) is 0.227. The fourth-order valence-electron chi connectivity index (χ4n) is 3.83. The minimum Gasteiger partial charge on any atom is -0.385 e. The maximum Gasteiger partial charge on any atom is 0.241 e. The molecule has 1 unspecified atom stereocenters. The van der Waals surface area contributed by atoms with Gasteiger partial charge in [0.1, 0.15) is 0 Å². The first-order chi connectivity index (χ1) is 14.6. The molecule has 2 amide bonds. The van der Waals surface area contributed by atoms with Gasteiger partial charge in [0.15, 0.2) is 0 Å². The molecule has 0 bridgehead atoms. The molecular formula is C22H34N4O3S. The number of rotatable bonds is 8. The number of nitrogens with zero attached hydrogens (tertiary/aromatic N) is 3. The van der Waals surface area contributed by atoms with Crippen molar-refractivity contribution >= 4 is 29.3 Å². The Morgan fingerprint density at radius 3 is 2.53 bits per heavy atom. The Hall–Kier alpha value is -1.61. The van der Waals surface area contributed by atoms with Crippen LogP contribution in [0.3, 0.4) is 0 Å². The summed E-state index contributed by atoms with van der Waals surface area (Å²) >= 11 is 1.86. The van der Waals surface area contributed by atoms with E-state index >= 15 is 0 Å². The van der Waals surface area contributed by atoms with Gasteiger partial charge in [-0.05, 0) is 25.0 Å². The third-order valence-electron chi connectivity index (χ3n) is 5.58. The van der Waals surface area contributed by atoms with E-state index in [1.807, 2.05) is 28.8 Å². The lowest BCUT2D eigenvalue weighted by atomic mass is 10.2. The molecule has 0 spiro atoms. The first-order valence-corrected chi connectivity index (χ1v) is 11.7. The molecule has 0 aliphatic carbocycles. The molecular weight excluding hydrogens is 400 g/mol. The number of benzene rings is 1. The van der Waals surface area contributed by atoms with Gasteiger partial charge in [0.25, 0.3) is 0 Å². The van der Waals surface area contributed by atoms with E-state index in [0.29, 0.717) is 31.5 Å². The number of carbonyl (C=O) groups is 2. The van der Waals surface area contributed by atoms with Gasteiger partial charge in [0.05, 0.1) is 18.8 Å². The van der Waals surface area contributed by atoms with Crippen LogP contribution in [-0.4, -0.2) is 92.9 Å². The molecule has 2 heterocycles. The molecule has 1 fully saturated rings. The van der Waals surface area contributed by atoms with E-state index < -0.39 is 0 Å². The van der Waals surface area contributed by atoms with Crippen LogP contribution in [-0.2, 0) is 14.3 Å². The number of nitrogens with one attached hydrogen (secondary N) is 1. The summed E-state index contributed by atoms with van der Waals surface area (Å²) in [6.07, 6.45) is 1.83. The van der Waals surface area contributed by atoms with Gasteiger partial charge >= 0.3 is 0 Å². The van der Waals surface area contributed by atoms with E-state index in [9.17, 15) is 9.59 Å². The Morgan fingerprint density at radius 1 is 1.10 bits per heavy atom. The number of anilines is 1. The number of piperazine rings is 1. The molecule has 1 atom stereocenters. The van der Waals surface area contributed by atoms with Gasteiger partial charge in [-0.1, -0.05) is 19.1 Å². The summed E-state index contributed by atoms with van der Waals surface area (Å²) in [6.45, 7) is 8.39. The number of para-hydroxylation sites is 1. The number of amides is 2. The number of hydrogen-bond acceptors (Lipinski definition) is 6. The number of fused-ring (bicyclic) bond motifs is 1. The Bertz CT molecular complexity index is 709. The van der Waals surface area contributed by atoms with Crippen molar-refractivity contribution in [3.8, 4) is 0 Å². The topological polar surface area (TPSA) is 65.1 Å². The number of hydrogen-bond donors (Lipinski definition) is 1. The normalized spacial score (nSPS) is 20.5. The third-order valence-corrected chi connectivity index (χ3v) is 6.82. The van der Waals surface area contributed by atoms with Crippen molar-refractivity contribution in [2.75, 3.05) is 71.0 Å². The van der Waals surface area contributed by atoms with Crippen LogP contribution in [0.15, 0.2) is 29.2 Å². The van der Waals surface area contributed by atoms with Crippen molar-refractivity contribution in [1.29, 1.82) is 0 Å². The van der Waals surface area contributed by atoms with Gasteiger partial charge in [-0.3, -0.25) is 19.4 Å². The molecule has 0 aromatic heterocycles. The van der Waals surface area contributed by atoms with Crippen LogP contribution in [0.25, 0.3) is 0 Å². The molecule has 7 nitrogen and oxygen atoms in total. The van der Waals surface area contributed by atoms with Crippen LogP contribution in [0.1, 0.15) is 19.8 Å². The number of carbonyl (C=O) groups excluding carboxylic acids is 2. The summed E-state index contributed by atoms with van der Waals surface area (Å²) in [5, 5.41) is 3.44. The van der Waals surface area contributed by atoms with Crippen molar-refractivity contribution in [3.05, 3.63) is 24.3 Å². The fourth-order valence-corrected chi connectivity index (χ4v) is 4.94. The quantitative estimate of drug-likeness (QED) is 0.628. The highest BCUT2D eigenvalue weighted by Crippen LogP contribution is 2.37. The zero-order valence-electron chi connectivity index (χ0n) is 18.1. The highest BCUT2D eigenvalue weighted by Gasteiger charge is 2.27. The van der Waals surface area contributed by atoms with Crippen molar-refractivity contribution in [3.63, 3.8) is 0 Å². The van der Waals surface area contributed by atoms with Crippen LogP contribution in [0.2, 0.25) is 0 Å². The maximum absolute atomic E-state index is 13.1. The van der Waals surface area contributed by atoms with Crippen molar-refractivity contribution in [2.45, 2.75) is 29.9 Å². The highest BCUT2D eigenvalue weighted by atomic mass is 32.2. The predicted octanol–water partition coefficient (Wildman–Crippen LogP) is 1.67. The Kier molecular flexibility index (Phi) is 8.99. The number of ether oxygens (including phenoxy) is 1. The summed E-state index contributed by atoms with van der Waals surface area (Å²) in [6, 6.07) is 8.22. The van der Waals surface area contributed by atoms with Crippen molar-refractivity contribution < 1.29 is 14.3 Å². The number of thioether (sulfide) groups is 1. The largest absolute Gasteiger partial charge is 0.385 e. The van der Waals surface area contributed by atoms with Gasteiger partial charge in [-0.2, -0.15) is 0 Å². The first kappa shape index (κ1) is 23.1. The zero-order valence-corrected chi connectivity index (χ0v) is 19.0. The second-order valence-electron chi connectivity index (χ2n) is 7.98. The molecule has 0 radical (unpaired) electrons. The average Bonchev–Trinajstić information content (AvgIpc) is 2.91. The van der Waals surface area contributed by atoms with E-state index in [0.717, 1.165) is 51.3 Å². The SMILES string of the molecule is COCCCNC(=O)CN1CCN(CC(=O)N2CCC(C)Sc3ccccc32)CC1. The lowest BCUT2D eigenvalue weighted by Gasteiger charge is -2.35. The monoisotopic (exact) mass is 434 g/mol. The van der Waals surface area contributed by atoms with Gasteiger partial charge in [0, 0.05) is 63.1 Å². The van der Waals surface area contributed by atoms with Crippen molar-refractivity contribution in [2.24, 2.45) is 0 Å².